The summed E-state index contributed by atoms with van der Waals surface area (Å²) in [6, 6.07) is 15.4. The molecule has 8 heteroatoms. The fraction of sp³-hybridized carbons (Fsp3) is 0.391. The fourth-order valence-corrected chi connectivity index (χ4v) is 4.79. The van der Waals surface area contributed by atoms with Crippen LogP contribution in [0.2, 0.25) is 0 Å². The van der Waals surface area contributed by atoms with E-state index in [1.165, 1.54) is 4.90 Å². The monoisotopic (exact) mass is 423 g/mol. The van der Waals surface area contributed by atoms with E-state index in [9.17, 15) is 9.59 Å². The smallest absolute Gasteiger partial charge is 0.251 e. The molecule has 2 saturated heterocycles. The first kappa shape index (κ1) is 19.7. The van der Waals surface area contributed by atoms with Crippen molar-refractivity contribution in [1.82, 2.24) is 10.6 Å². The number of hydrogen-bond donors (Lipinski definition) is 3. The molecule has 162 valence electrons. The van der Waals surface area contributed by atoms with E-state index in [1.807, 2.05) is 18.2 Å². The number of nitrogens with zero attached hydrogens (tertiary/aromatic N) is 1. The van der Waals surface area contributed by atoms with Gasteiger partial charge in [0, 0.05) is 24.1 Å². The number of hydrogen-bond acceptors (Lipinski definition) is 5. The number of nitrogens with one attached hydrogen (secondary N) is 3. The molecule has 2 aromatic rings. The number of ether oxygens (including phenoxy) is 2. The van der Waals surface area contributed by atoms with Gasteiger partial charge in [0.1, 0.15) is 5.54 Å². The Morgan fingerprint density at radius 1 is 1.10 bits per heavy atom. The number of anilines is 1. The standard InChI is InChI=1S/C23H26N4O4/c28-21(17-6-7-19-20(14-17)31-16-30-19)24-10-13-26-11-8-23(9-12-26)22(29)25-15-27(23)18-4-2-1-3-5-18/h1-7,14H,8-13,15-16H2,(H,24,28)(H,25,29)/p+1. The summed E-state index contributed by atoms with van der Waals surface area (Å²) in [5.41, 5.74) is 1.19. The summed E-state index contributed by atoms with van der Waals surface area (Å²) in [6.07, 6.45) is 1.61. The van der Waals surface area contributed by atoms with Crippen molar-refractivity contribution in [1.29, 1.82) is 0 Å². The number of fused-ring (bicyclic) bond motifs is 1. The molecule has 3 aliphatic rings. The Hall–Kier alpha value is -3.26. The van der Waals surface area contributed by atoms with Crippen LogP contribution in [0, 0.1) is 0 Å². The summed E-state index contributed by atoms with van der Waals surface area (Å²) in [5.74, 6) is 1.30. The summed E-state index contributed by atoms with van der Waals surface area (Å²) < 4.78 is 10.6. The number of amides is 2. The quantitative estimate of drug-likeness (QED) is 0.638. The lowest BCUT2D eigenvalue weighted by atomic mass is 9.85. The van der Waals surface area contributed by atoms with Crippen molar-refractivity contribution in [2.24, 2.45) is 0 Å². The number of para-hydroxylation sites is 1. The van der Waals surface area contributed by atoms with Crippen molar-refractivity contribution in [3.63, 3.8) is 0 Å². The third kappa shape index (κ3) is 3.67. The molecule has 0 bridgehead atoms. The number of carbonyl (C=O) groups excluding carboxylic acids is 2. The SMILES string of the molecule is O=C(NCC[NH+]1CCC2(CC1)C(=O)NCN2c1ccccc1)c1ccc2c(c1)OCO2. The van der Waals surface area contributed by atoms with E-state index in [0.717, 1.165) is 38.2 Å². The lowest BCUT2D eigenvalue weighted by Gasteiger charge is -2.41. The molecule has 2 aromatic carbocycles. The summed E-state index contributed by atoms with van der Waals surface area (Å²) in [6.45, 7) is 3.97. The Bertz CT molecular complexity index is 973. The van der Waals surface area contributed by atoms with Crippen molar-refractivity contribution in [3.8, 4) is 11.5 Å². The zero-order chi connectivity index (χ0) is 21.3. The summed E-state index contributed by atoms with van der Waals surface area (Å²) in [5, 5.41) is 6.04. The fourth-order valence-electron chi connectivity index (χ4n) is 4.79. The highest BCUT2D eigenvalue weighted by molar-refractivity contribution is 5.95. The average Bonchev–Trinajstić information content (AvgIpc) is 3.40. The summed E-state index contributed by atoms with van der Waals surface area (Å²) in [7, 11) is 0. The van der Waals surface area contributed by atoms with E-state index in [2.05, 4.69) is 27.7 Å². The molecule has 0 saturated carbocycles. The third-order valence-electron chi connectivity index (χ3n) is 6.59. The molecule has 31 heavy (non-hydrogen) atoms. The van der Waals surface area contributed by atoms with Crippen LogP contribution in [0.25, 0.3) is 0 Å². The van der Waals surface area contributed by atoms with Gasteiger partial charge in [0.25, 0.3) is 5.91 Å². The van der Waals surface area contributed by atoms with Gasteiger partial charge >= 0.3 is 0 Å². The van der Waals surface area contributed by atoms with Gasteiger partial charge in [0.05, 0.1) is 32.8 Å². The van der Waals surface area contributed by atoms with Crippen LogP contribution in [0.1, 0.15) is 23.2 Å². The minimum absolute atomic E-state index is 0.114. The molecule has 3 heterocycles. The maximum atomic E-state index is 12.7. The predicted octanol–water partition coefficient (Wildman–Crippen LogP) is 0.157. The van der Waals surface area contributed by atoms with Crippen LogP contribution in [0.3, 0.4) is 0 Å². The highest BCUT2D eigenvalue weighted by Gasteiger charge is 2.51. The first-order valence-electron chi connectivity index (χ1n) is 10.8. The number of rotatable bonds is 5. The van der Waals surface area contributed by atoms with Gasteiger partial charge in [0.2, 0.25) is 12.7 Å². The number of carbonyl (C=O) groups is 2. The first-order valence-corrected chi connectivity index (χ1v) is 10.8. The van der Waals surface area contributed by atoms with E-state index < -0.39 is 5.54 Å². The molecule has 3 aliphatic heterocycles. The zero-order valence-corrected chi connectivity index (χ0v) is 17.4. The molecule has 0 atom stereocenters. The second-order valence-corrected chi connectivity index (χ2v) is 8.28. The van der Waals surface area contributed by atoms with Crippen molar-refractivity contribution < 1.29 is 24.0 Å². The van der Waals surface area contributed by atoms with Crippen molar-refractivity contribution in [2.45, 2.75) is 18.4 Å². The molecule has 0 aromatic heterocycles. The molecular formula is C23H27N4O4+. The van der Waals surface area contributed by atoms with Gasteiger partial charge in [-0.25, -0.2) is 0 Å². The minimum atomic E-state index is -0.458. The van der Waals surface area contributed by atoms with Gasteiger partial charge in [-0.15, -0.1) is 0 Å². The van der Waals surface area contributed by atoms with Gasteiger partial charge in [0.15, 0.2) is 11.5 Å². The van der Waals surface area contributed by atoms with Crippen LogP contribution in [0.5, 0.6) is 11.5 Å². The summed E-state index contributed by atoms with van der Waals surface area (Å²) >= 11 is 0. The average molecular weight is 423 g/mol. The van der Waals surface area contributed by atoms with Gasteiger partial charge in [-0.05, 0) is 30.3 Å². The maximum absolute atomic E-state index is 12.7. The Kier molecular flexibility index (Phi) is 5.15. The maximum Gasteiger partial charge on any atom is 0.251 e. The number of piperidine rings is 1. The van der Waals surface area contributed by atoms with Gasteiger partial charge in [-0.3, -0.25) is 9.59 Å². The van der Waals surface area contributed by atoms with E-state index in [1.54, 1.807) is 18.2 Å². The topological polar surface area (TPSA) is 84.3 Å². The van der Waals surface area contributed by atoms with Crippen molar-refractivity contribution in [3.05, 3.63) is 54.1 Å². The number of quaternary nitrogens is 1. The molecular weight excluding hydrogens is 396 g/mol. The van der Waals surface area contributed by atoms with Gasteiger partial charge in [-0.2, -0.15) is 0 Å². The highest BCUT2D eigenvalue weighted by atomic mass is 16.7. The second-order valence-electron chi connectivity index (χ2n) is 8.28. The van der Waals surface area contributed by atoms with Gasteiger partial charge in [-0.1, -0.05) is 18.2 Å². The van der Waals surface area contributed by atoms with Crippen molar-refractivity contribution >= 4 is 17.5 Å². The molecule has 5 rings (SSSR count). The molecule has 1 spiro atoms. The first-order chi connectivity index (χ1) is 15.2. The third-order valence-corrected chi connectivity index (χ3v) is 6.59. The Morgan fingerprint density at radius 2 is 1.87 bits per heavy atom. The number of benzene rings is 2. The zero-order valence-electron chi connectivity index (χ0n) is 17.4. The van der Waals surface area contributed by atoms with E-state index in [0.29, 0.717) is 30.3 Å². The Labute approximate surface area is 181 Å². The lowest BCUT2D eigenvalue weighted by Crippen LogP contribution is -3.14. The van der Waals surface area contributed by atoms with Gasteiger partial charge < -0.3 is 29.9 Å². The molecule has 3 N–H and O–H groups in total. The Morgan fingerprint density at radius 3 is 2.68 bits per heavy atom. The van der Waals surface area contributed by atoms with E-state index in [4.69, 9.17) is 9.47 Å². The molecule has 0 radical (unpaired) electrons. The molecule has 2 fully saturated rings. The normalized spacial score (nSPS) is 24.3. The number of likely N-dealkylation sites (tertiary alicyclic amines) is 1. The summed E-state index contributed by atoms with van der Waals surface area (Å²) in [4.78, 5) is 28.8. The highest BCUT2D eigenvalue weighted by Crippen LogP contribution is 2.34. The largest absolute Gasteiger partial charge is 0.454 e. The lowest BCUT2D eigenvalue weighted by molar-refractivity contribution is -0.904. The van der Waals surface area contributed by atoms with Crippen LogP contribution >= 0.6 is 0 Å². The van der Waals surface area contributed by atoms with Crippen molar-refractivity contribution in [2.75, 3.05) is 44.5 Å². The molecule has 0 aliphatic carbocycles. The van der Waals surface area contributed by atoms with Crippen LogP contribution in [0.15, 0.2) is 48.5 Å². The van der Waals surface area contributed by atoms with E-state index in [-0.39, 0.29) is 18.6 Å². The second kappa shape index (κ2) is 8.11. The predicted molar refractivity (Wildman–Crippen MR) is 114 cm³/mol. The van der Waals surface area contributed by atoms with Crippen LogP contribution in [0.4, 0.5) is 5.69 Å². The minimum Gasteiger partial charge on any atom is -0.454 e. The van der Waals surface area contributed by atoms with Crippen LogP contribution in [-0.4, -0.2) is 57.0 Å². The van der Waals surface area contributed by atoms with Crippen LogP contribution in [-0.2, 0) is 4.79 Å². The molecule has 2 amide bonds. The molecule has 8 nitrogen and oxygen atoms in total. The molecule has 0 unspecified atom stereocenters. The van der Waals surface area contributed by atoms with Crippen LogP contribution < -0.4 is 29.9 Å². The Balaban J connectivity index is 1.14. The van der Waals surface area contributed by atoms with E-state index >= 15 is 0 Å².